The number of benzene rings is 1. The van der Waals surface area contributed by atoms with Crippen molar-refractivity contribution >= 4 is 11.7 Å². The van der Waals surface area contributed by atoms with E-state index in [1.807, 2.05) is 0 Å². The van der Waals surface area contributed by atoms with E-state index in [1.165, 1.54) is 0 Å². The molecule has 0 heterocycles. The molecule has 5 nitrogen and oxygen atoms in total. The summed E-state index contributed by atoms with van der Waals surface area (Å²) in [5.41, 5.74) is 4.25. The third kappa shape index (κ3) is 2.93. The molecule has 0 spiro atoms. The summed E-state index contributed by atoms with van der Waals surface area (Å²) < 4.78 is 30.9. The Bertz CT molecular complexity index is 453. The summed E-state index contributed by atoms with van der Waals surface area (Å²) in [6.45, 7) is 0. The first-order valence-corrected chi connectivity index (χ1v) is 5.04. The Kier molecular flexibility index (Phi) is 4.57. The zero-order valence-electron chi connectivity index (χ0n) is 9.56. The Labute approximate surface area is 102 Å². The lowest BCUT2D eigenvalue weighted by Crippen LogP contribution is -2.23. The lowest BCUT2D eigenvalue weighted by Gasteiger charge is -2.18. The van der Waals surface area contributed by atoms with Crippen LogP contribution in [0.15, 0.2) is 12.1 Å². The van der Waals surface area contributed by atoms with Gasteiger partial charge in [0.05, 0.1) is 25.3 Å². The quantitative estimate of drug-likeness (QED) is 0.542. The van der Waals surface area contributed by atoms with Gasteiger partial charge in [0.1, 0.15) is 6.10 Å². The summed E-state index contributed by atoms with van der Waals surface area (Å²) in [4.78, 5) is 10.9. The van der Waals surface area contributed by atoms with Crippen LogP contribution in [-0.4, -0.2) is 29.4 Å². The second-order valence-electron chi connectivity index (χ2n) is 3.66. The molecule has 0 aromatic heterocycles. The fourth-order valence-electron chi connectivity index (χ4n) is 1.38. The van der Waals surface area contributed by atoms with Crippen LogP contribution in [0.5, 0.6) is 0 Å². The number of nitrogen functional groups attached to an aromatic ring is 1. The molecule has 0 bridgehead atoms. The van der Waals surface area contributed by atoms with E-state index in [2.05, 4.69) is 4.74 Å². The number of nitrogens with two attached hydrogens (primary N) is 1. The molecule has 0 saturated carbocycles. The van der Waals surface area contributed by atoms with Gasteiger partial charge < -0.3 is 20.7 Å². The van der Waals surface area contributed by atoms with Crippen LogP contribution in [-0.2, 0) is 9.53 Å². The van der Waals surface area contributed by atoms with Crippen molar-refractivity contribution in [1.29, 1.82) is 0 Å². The van der Waals surface area contributed by atoms with Gasteiger partial charge in [-0.25, -0.2) is 8.78 Å². The lowest BCUT2D eigenvalue weighted by atomic mass is 10.0. The molecule has 0 aliphatic rings. The first-order chi connectivity index (χ1) is 8.38. The van der Waals surface area contributed by atoms with Gasteiger partial charge in [0.25, 0.3) is 0 Å². The predicted octanol–water partition coefficient (Wildman–Crippen LogP) is 0.504. The van der Waals surface area contributed by atoms with Crippen molar-refractivity contribution in [3.63, 3.8) is 0 Å². The standard InChI is InChI=1S/C11H13F2NO4/c1-18-8(16)4-7(15)11(17)5-2-3-6(14)10(13)9(5)12/h2-3,7,11,15,17H,4,14H2,1H3. The van der Waals surface area contributed by atoms with E-state index < -0.39 is 47.5 Å². The molecular weight excluding hydrogens is 248 g/mol. The van der Waals surface area contributed by atoms with Crippen LogP contribution in [0.25, 0.3) is 0 Å². The minimum atomic E-state index is -1.75. The van der Waals surface area contributed by atoms with E-state index >= 15 is 0 Å². The van der Waals surface area contributed by atoms with Gasteiger partial charge in [-0.1, -0.05) is 6.07 Å². The van der Waals surface area contributed by atoms with Crippen molar-refractivity contribution < 1.29 is 28.5 Å². The second-order valence-corrected chi connectivity index (χ2v) is 3.66. The first-order valence-electron chi connectivity index (χ1n) is 5.04. The molecule has 1 aromatic rings. The maximum atomic E-state index is 13.5. The number of methoxy groups -OCH3 is 1. The fourth-order valence-corrected chi connectivity index (χ4v) is 1.38. The lowest BCUT2D eigenvalue weighted by molar-refractivity contribution is -0.144. The number of ether oxygens (including phenoxy) is 1. The molecule has 0 fully saturated rings. The minimum absolute atomic E-state index is 0.411. The van der Waals surface area contributed by atoms with Crippen LogP contribution in [0.4, 0.5) is 14.5 Å². The summed E-state index contributed by atoms with van der Waals surface area (Å²) in [6.07, 6.45) is -3.89. The molecule has 0 aliphatic heterocycles. The molecule has 100 valence electrons. The Morgan fingerprint density at radius 1 is 1.39 bits per heavy atom. The number of carbonyl (C=O) groups is 1. The SMILES string of the molecule is COC(=O)CC(O)C(O)c1ccc(N)c(F)c1F. The summed E-state index contributed by atoms with van der Waals surface area (Å²) in [5, 5.41) is 19.1. The number of hydrogen-bond donors (Lipinski definition) is 3. The van der Waals surface area contributed by atoms with Gasteiger partial charge in [-0.05, 0) is 6.07 Å². The molecule has 0 amide bonds. The highest BCUT2D eigenvalue weighted by atomic mass is 19.2. The Morgan fingerprint density at radius 3 is 2.56 bits per heavy atom. The maximum absolute atomic E-state index is 13.5. The van der Waals surface area contributed by atoms with Crippen molar-refractivity contribution in [3.8, 4) is 0 Å². The first kappa shape index (κ1) is 14.3. The molecule has 0 aliphatic carbocycles. The molecule has 4 N–H and O–H groups in total. The summed E-state index contributed by atoms with van der Waals surface area (Å²) in [7, 11) is 1.10. The molecular formula is C11H13F2NO4. The number of halogens is 2. The second kappa shape index (κ2) is 5.74. The van der Waals surface area contributed by atoms with Crippen LogP contribution < -0.4 is 5.73 Å². The summed E-state index contributed by atoms with van der Waals surface area (Å²) in [5.74, 6) is -3.44. The van der Waals surface area contributed by atoms with Crippen molar-refractivity contribution in [2.24, 2.45) is 0 Å². The molecule has 0 saturated heterocycles. The van der Waals surface area contributed by atoms with E-state index in [0.29, 0.717) is 0 Å². The number of anilines is 1. The van der Waals surface area contributed by atoms with Crippen molar-refractivity contribution in [3.05, 3.63) is 29.3 Å². The fraction of sp³-hybridized carbons (Fsp3) is 0.364. The third-order valence-corrected chi connectivity index (χ3v) is 2.43. The van der Waals surface area contributed by atoms with E-state index in [-0.39, 0.29) is 0 Å². The predicted molar refractivity (Wildman–Crippen MR) is 58.4 cm³/mol. The summed E-state index contributed by atoms with van der Waals surface area (Å²) in [6, 6.07) is 2.10. The average Bonchev–Trinajstić information content (AvgIpc) is 2.35. The highest BCUT2D eigenvalue weighted by Gasteiger charge is 2.26. The van der Waals surface area contributed by atoms with Crippen LogP contribution >= 0.6 is 0 Å². The van der Waals surface area contributed by atoms with Crippen LogP contribution in [0.1, 0.15) is 18.1 Å². The summed E-state index contributed by atoms with van der Waals surface area (Å²) >= 11 is 0. The molecule has 0 radical (unpaired) electrons. The van der Waals surface area contributed by atoms with Gasteiger partial charge in [0, 0.05) is 5.56 Å². The largest absolute Gasteiger partial charge is 0.469 e. The number of carbonyl (C=O) groups excluding carboxylic acids is 1. The molecule has 1 aromatic carbocycles. The molecule has 2 atom stereocenters. The Morgan fingerprint density at radius 2 is 2.00 bits per heavy atom. The van der Waals surface area contributed by atoms with Gasteiger partial charge in [-0.15, -0.1) is 0 Å². The van der Waals surface area contributed by atoms with Crippen molar-refractivity contribution in [2.45, 2.75) is 18.6 Å². The monoisotopic (exact) mass is 261 g/mol. The Balaban J connectivity index is 2.93. The van der Waals surface area contributed by atoms with Crippen molar-refractivity contribution in [1.82, 2.24) is 0 Å². The van der Waals surface area contributed by atoms with Gasteiger partial charge in [0.2, 0.25) is 0 Å². The number of hydrogen-bond acceptors (Lipinski definition) is 5. The van der Waals surface area contributed by atoms with Crippen LogP contribution in [0.3, 0.4) is 0 Å². The number of aliphatic hydroxyl groups excluding tert-OH is 2. The van der Waals surface area contributed by atoms with Gasteiger partial charge in [-0.2, -0.15) is 0 Å². The normalized spacial score (nSPS) is 14.1. The van der Waals surface area contributed by atoms with Crippen LogP contribution in [0.2, 0.25) is 0 Å². The van der Waals surface area contributed by atoms with E-state index in [0.717, 1.165) is 19.2 Å². The highest BCUT2D eigenvalue weighted by Crippen LogP contribution is 2.26. The van der Waals surface area contributed by atoms with E-state index in [1.54, 1.807) is 0 Å². The zero-order chi connectivity index (χ0) is 13.9. The molecule has 2 unspecified atom stereocenters. The minimum Gasteiger partial charge on any atom is -0.469 e. The van der Waals surface area contributed by atoms with Crippen LogP contribution in [0, 0.1) is 11.6 Å². The molecule has 18 heavy (non-hydrogen) atoms. The molecule has 1 rings (SSSR count). The zero-order valence-corrected chi connectivity index (χ0v) is 9.56. The molecule has 7 heteroatoms. The topological polar surface area (TPSA) is 92.8 Å². The average molecular weight is 261 g/mol. The van der Waals surface area contributed by atoms with E-state index in [9.17, 15) is 23.8 Å². The Hall–Kier alpha value is -1.73. The highest BCUT2D eigenvalue weighted by molar-refractivity contribution is 5.69. The number of rotatable bonds is 4. The van der Waals surface area contributed by atoms with E-state index in [4.69, 9.17) is 5.73 Å². The van der Waals surface area contributed by atoms with Gasteiger partial charge in [-0.3, -0.25) is 4.79 Å². The smallest absolute Gasteiger partial charge is 0.308 e. The van der Waals surface area contributed by atoms with Gasteiger partial charge in [0.15, 0.2) is 11.6 Å². The maximum Gasteiger partial charge on any atom is 0.308 e. The third-order valence-electron chi connectivity index (χ3n) is 2.43. The number of esters is 1. The van der Waals surface area contributed by atoms with Gasteiger partial charge >= 0.3 is 5.97 Å². The van der Waals surface area contributed by atoms with Crippen molar-refractivity contribution in [2.75, 3.05) is 12.8 Å². The number of aliphatic hydroxyl groups is 2.